The Labute approximate surface area is 93.0 Å². The topological polar surface area (TPSA) is 41.6 Å². The molecule has 0 saturated heterocycles. The fourth-order valence-electron chi connectivity index (χ4n) is 1.63. The summed E-state index contributed by atoms with van der Waals surface area (Å²) in [5, 5.41) is 3.11. The van der Waals surface area contributed by atoms with Crippen molar-refractivity contribution in [1.82, 2.24) is 10.2 Å². The van der Waals surface area contributed by atoms with Crippen LogP contribution in [0.4, 0.5) is 0 Å². The molecule has 0 unspecified atom stereocenters. The highest BCUT2D eigenvalue weighted by molar-refractivity contribution is 5.71. The summed E-state index contributed by atoms with van der Waals surface area (Å²) in [7, 11) is 4.10. The molecule has 0 amide bonds. The normalized spacial score (nSPS) is 11.9. The van der Waals surface area contributed by atoms with E-state index in [4.69, 9.17) is 4.74 Å². The van der Waals surface area contributed by atoms with E-state index in [2.05, 4.69) is 24.1 Å². The summed E-state index contributed by atoms with van der Waals surface area (Å²) in [4.78, 5) is 13.2. The van der Waals surface area contributed by atoms with Crippen molar-refractivity contribution < 1.29 is 9.53 Å². The maximum atomic E-state index is 11.1. The lowest BCUT2D eigenvalue weighted by Crippen LogP contribution is -2.39. The summed E-state index contributed by atoms with van der Waals surface area (Å²) in [5.41, 5.74) is 0.163. The summed E-state index contributed by atoms with van der Waals surface area (Å²) in [6, 6.07) is 0. The van der Waals surface area contributed by atoms with E-state index in [0.29, 0.717) is 13.2 Å². The standard InChI is InChI=1S/C11H24N2O2/c1-6-15-10(14)7-12-8-11(2,3)9-13(4)5/h12H,6-9H2,1-5H3. The van der Waals surface area contributed by atoms with Gasteiger partial charge in [0.15, 0.2) is 0 Å². The average molecular weight is 216 g/mol. The van der Waals surface area contributed by atoms with E-state index in [1.807, 2.05) is 21.0 Å². The molecular formula is C11H24N2O2. The third-order valence-corrected chi connectivity index (χ3v) is 1.92. The number of carbonyl (C=O) groups excluding carboxylic acids is 1. The Balaban J connectivity index is 3.69. The maximum absolute atomic E-state index is 11.1. The van der Waals surface area contributed by atoms with Crippen LogP contribution < -0.4 is 5.32 Å². The second-order valence-corrected chi connectivity index (χ2v) is 4.81. The van der Waals surface area contributed by atoms with Crippen LogP contribution in [0.5, 0.6) is 0 Å². The first-order valence-corrected chi connectivity index (χ1v) is 5.38. The Kier molecular flexibility index (Phi) is 6.52. The van der Waals surface area contributed by atoms with Gasteiger partial charge in [-0.1, -0.05) is 13.8 Å². The second-order valence-electron chi connectivity index (χ2n) is 4.81. The van der Waals surface area contributed by atoms with Crippen molar-refractivity contribution in [3.8, 4) is 0 Å². The highest BCUT2D eigenvalue weighted by atomic mass is 16.5. The lowest BCUT2D eigenvalue weighted by Gasteiger charge is -2.28. The minimum Gasteiger partial charge on any atom is -0.465 e. The van der Waals surface area contributed by atoms with Crippen molar-refractivity contribution in [1.29, 1.82) is 0 Å². The van der Waals surface area contributed by atoms with Crippen LogP contribution in [0.15, 0.2) is 0 Å². The highest BCUT2D eigenvalue weighted by Gasteiger charge is 2.18. The zero-order chi connectivity index (χ0) is 11.9. The lowest BCUT2D eigenvalue weighted by molar-refractivity contribution is -0.142. The summed E-state index contributed by atoms with van der Waals surface area (Å²) in [6.45, 7) is 8.70. The number of hydrogen-bond acceptors (Lipinski definition) is 4. The molecule has 15 heavy (non-hydrogen) atoms. The molecule has 0 aromatic rings. The third kappa shape index (κ3) is 8.39. The van der Waals surface area contributed by atoms with Crippen LogP contribution in [-0.2, 0) is 9.53 Å². The molecule has 4 nitrogen and oxygen atoms in total. The van der Waals surface area contributed by atoms with Gasteiger partial charge in [-0.25, -0.2) is 0 Å². The Morgan fingerprint density at radius 1 is 1.40 bits per heavy atom. The number of hydrogen-bond donors (Lipinski definition) is 1. The number of nitrogens with zero attached hydrogens (tertiary/aromatic N) is 1. The molecule has 0 atom stereocenters. The van der Waals surface area contributed by atoms with Gasteiger partial charge in [0.25, 0.3) is 0 Å². The molecule has 0 aliphatic rings. The predicted octanol–water partition coefficient (Wildman–Crippen LogP) is 0.727. The van der Waals surface area contributed by atoms with E-state index in [9.17, 15) is 4.79 Å². The van der Waals surface area contributed by atoms with Crippen molar-refractivity contribution in [2.24, 2.45) is 5.41 Å². The summed E-state index contributed by atoms with van der Waals surface area (Å²) < 4.78 is 4.83. The van der Waals surface area contributed by atoms with Gasteiger partial charge in [-0.15, -0.1) is 0 Å². The smallest absolute Gasteiger partial charge is 0.319 e. The summed E-state index contributed by atoms with van der Waals surface area (Å²) in [5.74, 6) is -0.182. The van der Waals surface area contributed by atoms with Crippen molar-refractivity contribution in [2.75, 3.05) is 40.3 Å². The number of esters is 1. The van der Waals surface area contributed by atoms with Gasteiger partial charge in [0, 0.05) is 13.1 Å². The molecule has 90 valence electrons. The minimum absolute atomic E-state index is 0.163. The van der Waals surface area contributed by atoms with Crippen molar-refractivity contribution >= 4 is 5.97 Å². The van der Waals surface area contributed by atoms with Crippen LogP contribution in [-0.4, -0.2) is 51.2 Å². The second kappa shape index (κ2) is 6.80. The van der Waals surface area contributed by atoms with Crippen LogP contribution in [0.1, 0.15) is 20.8 Å². The van der Waals surface area contributed by atoms with Crippen LogP contribution in [0, 0.1) is 5.41 Å². The summed E-state index contributed by atoms with van der Waals surface area (Å²) >= 11 is 0. The van der Waals surface area contributed by atoms with Gasteiger partial charge in [0.2, 0.25) is 0 Å². The zero-order valence-corrected chi connectivity index (χ0v) is 10.6. The Morgan fingerprint density at radius 3 is 2.47 bits per heavy atom. The van der Waals surface area contributed by atoms with Gasteiger partial charge >= 0.3 is 5.97 Å². The van der Waals surface area contributed by atoms with Gasteiger partial charge in [0.05, 0.1) is 13.2 Å². The summed E-state index contributed by atoms with van der Waals surface area (Å²) in [6.07, 6.45) is 0. The molecule has 0 aliphatic heterocycles. The Hall–Kier alpha value is -0.610. The van der Waals surface area contributed by atoms with Gasteiger partial charge in [0.1, 0.15) is 0 Å². The average Bonchev–Trinajstić information content (AvgIpc) is 2.01. The molecule has 0 radical (unpaired) electrons. The zero-order valence-electron chi connectivity index (χ0n) is 10.6. The number of carbonyl (C=O) groups is 1. The monoisotopic (exact) mass is 216 g/mol. The molecule has 0 aliphatic carbocycles. The molecule has 0 bridgehead atoms. The van der Waals surface area contributed by atoms with Gasteiger partial charge < -0.3 is 15.0 Å². The third-order valence-electron chi connectivity index (χ3n) is 1.92. The van der Waals surface area contributed by atoms with Crippen molar-refractivity contribution in [2.45, 2.75) is 20.8 Å². The molecule has 0 saturated carbocycles. The lowest BCUT2D eigenvalue weighted by atomic mass is 9.93. The number of ether oxygens (including phenoxy) is 1. The molecule has 0 heterocycles. The Bertz CT molecular complexity index is 191. The molecule has 4 heteroatoms. The van der Waals surface area contributed by atoms with Crippen LogP contribution in [0.25, 0.3) is 0 Å². The first-order chi connectivity index (χ1) is 6.87. The SMILES string of the molecule is CCOC(=O)CNCC(C)(C)CN(C)C. The predicted molar refractivity (Wildman–Crippen MR) is 61.8 cm³/mol. The quantitative estimate of drug-likeness (QED) is 0.637. The van der Waals surface area contributed by atoms with Crippen LogP contribution in [0.2, 0.25) is 0 Å². The fourth-order valence-corrected chi connectivity index (χ4v) is 1.63. The van der Waals surface area contributed by atoms with Crippen molar-refractivity contribution in [3.63, 3.8) is 0 Å². The van der Waals surface area contributed by atoms with Crippen molar-refractivity contribution in [3.05, 3.63) is 0 Å². The Morgan fingerprint density at radius 2 is 2.00 bits per heavy atom. The van der Waals surface area contributed by atoms with E-state index in [0.717, 1.165) is 13.1 Å². The minimum atomic E-state index is -0.182. The molecule has 0 aromatic carbocycles. The van der Waals surface area contributed by atoms with E-state index in [-0.39, 0.29) is 11.4 Å². The van der Waals surface area contributed by atoms with E-state index in [1.165, 1.54) is 0 Å². The fraction of sp³-hybridized carbons (Fsp3) is 0.909. The first kappa shape index (κ1) is 14.4. The van der Waals surface area contributed by atoms with E-state index < -0.39 is 0 Å². The van der Waals surface area contributed by atoms with Gasteiger partial charge in [-0.3, -0.25) is 4.79 Å². The van der Waals surface area contributed by atoms with Crippen LogP contribution in [0.3, 0.4) is 0 Å². The van der Waals surface area contributed by atoms with Gasteiger partial charge in [-0.2, -0.15) is 0 Å². The highest BCUT2D eigenvalue weighted by Crippen LogP contribution is 2.13. The van der Waals surface area contributed by atoms with E-state index in [1.54, 1.807) is 0 Å². The largest absolute Gasteiger partial charge is 0.465 e. The molecule has 0 fully saturated rings. The molecule has 0 rings (SSSR count). The van der Waals surface area contributed by atoms with E-state index >= 15 is 0 Å². The molecule has 0 aromatic heterocycles. The number of nitrogens with one attached hydrogen (secondary N) is 1. The molecular weight excluding hydrogens is 192 g/mol. The van der Waals surface area contributed by atoms with Crippen LogP contribution >= 0.6 is 0 Å². The molecule has 0 spiro atoms. The first-order valence-electron chi connectivity index (χ1n) is 5.38. The molecule has 1 N–H and O–H groups in total. The van der Waals surface area contributed by atoms with Gasteiger partial charge in [-0.05, 0) is 26.4 Å². The maximum Gasteiger partial charge on any atom is 0.319 e. The number of rotatable bonds is 7.